The molecule has 0 bridgehead atoms. The molecule has 0 aliphatic rings. The summed E-state index contributed by atoms with van der Waals surface area (Å²) in [6, 6.07) is 12.6. The average Bonchev–Trinajstić information content (AvgIpc) is 2.59. The molecule has 0 saturated carbocycles. The van der Waals surface area contributed by atoms with Crippen LogP contribution in [0.4, 0.5) is 0 Å². The largest absolute Gasteiger partial charge is 0.480 e. The predicted molar refractivity (Wildman–Crippen MR) is 99.7 cm³/mol. The molecule has 2 amide bonds. The van der Waals surface area contributed by atoms with Crippen molar-refractivity contribution in [1.82, 2.24) is 10.6 Å². The van der Waals surface area contributed by atoms with Crippen LogP contribution in [0.15, 0.2) is 42.5 Å². The van der Waals surface area contributed by atoms with Gasteiger partial charge in [0, 0.05) is 0 Å². The second-order valence-corrected chi connectivity index (χ2v) is 6.68. The minimum Gasteiger partial charge on any atom is -0.480 e. The van der Waals surface area contributed by atoms with Gasteiger partial charge in [-0.25, -0.2) is 4.79 Å². The molecule has 0 saturated heterocycles. The first-order valence-corrected chi connectivity index (χ1v) is 8.62. The van der Waals surface area contributed by atoms with Gasteiger partial charge in [-0.3, -0.25) is 9.59 Å². The average molecular weight is 356 g/mol. The van der Waals surface area contributed by atoms with Crippen molar-refractivity contribution in [2.24, 2.45) is 5.92 Å². The third kappa shape index (κ3) is 5.58. The molecule has 1 atom stereocenters. The van der Waals surface area contributed by atoms with E-state index in [9.17, 15) is 14.4 Å². The molecule has 0 unspecified atom stereocenters. The van der Waals surface area contributed by atoms with E-state index in [4.69, 9.17) is 5.11 Å². The molecule has 0 radical (unpaired) electrons. The van der Waals surface area contributed by atoms with Gasteiger partial charge in [-0.15, -0.1) is 0 Å². The molecule has 26 heavy (non-hydrogen) atoms. The Bertz CT molecular complexity index is 796. The van der Waals surface area contributed by atoms with Gasteiger partial charge in [0.05, 0.1) is 13.0 Å². The Morgan fingerprint density at radius 1 is 1.00 bits per heavy atom. The maximum Gasteiger partial charge on any atom is 0.326 e. The van der Waals surface area contributed by atoms with Crippen LogP contribution >= 0.6 is 0 Å². The smallest absolute Gasteiger partial charge is 0.326 e. The van der Waals surface area contributed by atoms with E-state index in [1.807, 2.05) is 56.3 Å². The van der Waals surface area contributed by atoms with Crippen LogP contribution in [0.3, 0.4) is 0 Å². The monoisotopic (exact) mass is 356 g/mol. The van der Waals surface area contributed by atoms with Gasteiger partial charge in [0.2, 0.25) is 11.8 Å². The van der Waals surface area contributed by atoms with Crippen LogP contribution in [0.2, 0.25) is 0 Å². The van der Waals surface area contributed by atoms with E-state index >= 15 is 0 Å². The van der Waals surface area contributed by atoms with Crippen LogP contribution in [0.1, 0.15) is 25.8 Å². The molecule has 2 rings (SSSR count). The SMILES string of the molecule is CC(C)C[C@H](NC(=O)CNC(=O)Cc1cccc2ccccc12)C(=O)O. The van der Waals surface area contributed by atoms with Crippen molar-refractivity contribution in [2.45, 2.75) is 32.7 Å². The van der Waals surface area contributed by atoms with Crippen molar-refractivity contribution < 1.29 is 19.5 Å². The summed E-state index contributed by atoms with van der Waals surface area (Å²) in [6.45, 7) is 3.52. The molecular formula is C20H24N2O4. The highest BCUT2D eigenvalue weighted by molar-refractivity contribution is 5.92. The Hall–Kier alpha value is -2.89. The molecule has 0 aromatic heterocycles. The molecule has 0 aliphatic heterocycles. The number of carbonyl (C=O) groups excluding carboxylic acids is 2. The van der Waals surface area contributed by atoms with Crippen LogP contribution < -0.4 is 10.6 Å². The number of fused-ring (bicyclic) bond motifs is 1. The molecule has 0 heterocycles. The fourth-order valence-corrected chi connectivity index (χ4v) is 2.80. The van der Waals surface area contributed by atoms with Gasteiger partial charge in [0.1, 0.15) is 6.04 Å². The molecule has 6 nitrogen and oxygen atoms in total. The number of hydrogen-bond donors (Lipinski definition) is 3. The maximum atomic E-state index is 12.2. The molecular weight excluding hydrogens is 332 g/mol. The highest BCUT2D eigenvalue weighted by Gasteiger charge is 2.21. The van der Waals surface area contributed by atoms with Gasteiger partial charge < -0.3 is 15.7 Å². The first-order chi connectivity index (χ1) is 12.4. The molecule has 6 heteroatoms. The van der Waals surface area contributed by atoms with Crippen LogP contribution in [-0.4, -0.2) is 35.5 Å². The zero-order valence-electron chi connectivity index (χ0n) is 15.0. The number of benzene rings is 2. The number of nitrogens with one attached hydrogen (secondary N) is 2. The summed E-state index contributed by atoms with van der Waals surface area (Å²) >= 11 is 0. The van der Waals surface area contributed by atoms with Gasteiger partial charge in [0.15, 0.2) is 0 Å². The number of amides is 2. The Balaban J connectivity index is 1.89. The minimum absolute atomic E-state index is 0.136. The van der Waals surface area contributed by atoms with Crippen molar-refractivity contribution in [3.8, 4) is 0 Å². The Labute approximate surface area is 152 Å². The zero-order valence-corrected chi connectivity index (χ0v) is 15.0. The van der Waals surface area contributed by atoms with Crippen molar-refractivity contribution in [3.63, 3.8) is 0 Å². The van der Waals surface area contributed by atoms with Crippen LogP contribution in [0, 0.1) is 5.92 Å². The molecule has 0 fully saturated rings. The number of carboxylic acids is 1. The van der Waals surface area contributed by atoms with Crippen molar-refractivity contribution >= 4 is 28.6 Å². The van der Waals surface area contributed by atoms with Crippen LogP contribution in [0.5, 0.6) is 0 Å². The first kappa shape index (κ1) is 19.4. The van der Waals surface area contributed by atoms with Crippen LogP contribution in [-0.2, 0) is 20.8 Å². The predicted octanol–water partition coefficient (Wildman–Crippen LogP) is 2.11. The molecule has 2 aromatic rings. The fourth-order valence-electron chi connectivity index (χ4n) is 2.80. The molecule has 3 N–H and O–H groups in total. The maximum absolute atomic E-state index is 12.2. The molecule has 0 spiro atoms. The first-order valence-electron chi connectivity index (χ1n) is 8.62. The summed E-state index contributed by atoms with van der Waals surface area (Å²) in [5.74, 6) is -1.73. The molecule has 138 valence electrons. The third-order valence-corrected chi connectivity index (χ3v) is 4.02. The highest BCUT2D eigenvalue weighted by Crippen LogP contribution is 2.18. The zero-order chi connectivity index (χ0) is 19.1. The number of rotatable bonds is 8. The van der Waals surface area contributed by atoms with E-state index in [2.05, 4.69) is 10.6 Å². The number of aliphatic carboxylic acids is 1. The quantitative estimate of drug-likeness (QED) is 0.675. The number of carbonyl (C=O) groups is 3. The standard InChI is InChI=1S/C20H24N2O4/c1-13(2)10-17(20(25)26)22-19(24)12-21-18(23)11-15-8-5-7-14-6-3-4-9-16(14)15/h3-9,13,17H,10-12H2,1-2H3,(H,21,23)(H,22,24)(H,25,26)/t17-/m0/s1. The molecule has 0 aliphatic carbocycles. The Morgan fingerprint density at radius 3 is 2.38 bits per heavy atom. The summed E-state index contributed by atoms with van der Waals surface area (Å²) in [6.07, 6.45) is 0.494. The Morgan fingerprint density at radius 2 is 1.69 bits per heavy atom. The summed E-state index contributed by atoms with van der Waals surface area (Å²) in [5.41, 5.74) is 0.879. The summed E-state index contributed by atoms with van der Waals surface area (Å²) in [4.78, 5) is 35.2. The van der Waals surface area contributed by atoms with E-state index in [1.165, 1.54) is 0 Å². The van der Waals surface area contributed by atoms with E-state index in [0.29, 0.717) is 6.42 Å². The van der Waals surface area contributed by atoms with E-state index in [1.54, 1.807) is 0 Å². The van der Waals surface area contributed by atoms with Crippen molar-refractivity contribution in [1.29, 1.82) is 0 Å². The summed E-state index contributed by atoms with van der Waals surface area (Å²) < 4.78 is 0. The van der Waals surface area contributed by atoms with Crippen molar-refractivity contribution in [2.75, 3.05) is 6.54 Å². The Kier molecular flexibility index (Phi) is 6.72. The van der Waals surface area contributed by atoms with Gasteiger partial charge in [-0.2, -0.15) is 0 Å². The van der Waals surface area contributed by atoms with E-state index in [0.717, 1.165) is 16.3 Å². The highest BCUT2D eigenvalue weighted by atomic mass is 16.4. The van der Waals surface area contributed by atoms with Crippen LogP contribution in [0.25, 0.3) is 10.8 Å². The van der Waals surface area contributed by atoms with E-state index in [-0.39, 0.29) is 24.8 Å². The number of carboxylic acid groups (broad SMARTS) is 1. The van der Waals surface area contributed by atoms with Crippen molar-refractivity contribution in [3.05, 3.63) is 48.0 Å². The lowest BCUT2D eigenvalue weighted by molar-refractivity contribution is -0.142. The lowest BCUT2D eigenvalue weighted by atomic mass is 10.0. The normalized spacial score (nSPS) is 12.0. The van der Waals surface area contributed by atoms with E-state index < -0.39 is 17.9 Å². The number of hydrogen-bond acceptors (Lipinski definition) is 3. The summed E-state index contributed by atoms with van der Waals surface area (Å²) in [7, 11) is 0. The summed E-state index contributed by atoms with van der Waals surface area (Å²) in [5, 5.41) is 16.2. The van der Waals surface area contributed by atoms with Gasteiger partial charge in [-0.1, -0.05) is 56.3 Å². The third-order valence-electron chi connectivity index (χ3n) is 4.02. The van der Waals surface area contributed by atoms with Gasteiger partial charge >= 0.3 is 5.97 Å². The lowest BCUT2D eigenvalue weighted by Crippen LogP contribution is -2.46. The lowest BCUT2D eigenvalue weighted by Gasteiger charge is -2.16. The second kappa shape index (κ2) is 8.99. The second-order valence-electron chi connectivity index (χ2n) is 6.68. The van der Waals surface area contributed by atoms with Gasteiger partial charge in [0.25, 0.3) is 0 Å². The minimum atomic E-state index is -1.07. The topological polar surface area (TPSA) is 95.5 Å². The van der Waals surface area contributed by atoms with Gasteiger partial charge in [-0.05, 0) is 28.7 Å². The molecule has 2 aromatic carbocycles. The fraction of sp³-hybridized carbons (Fsp3) is 0.350.